The molecule has 1 aromatic carbocycles. The Morgan fingerprint density at radius 3 is 2.69 bits per heavy atom. The summed E-state index contributed by atoms with van der Waals surface area (Å²) in [5.74, 6) is -0.0709. The van der Waals surface area contributed by atoms with Gasteiger partial charge in [-0.2, -0.15) is 0 Å². The smallest absolute Gasteiger partial charge is 0.251 e. The molecule has 1 amide bonds. The molecule has 0 aliphatic carbocycles. The topological polar surface area (TPSA) is 49.3 Å². The van der Waals surface area contributed by atoms with Crippen LogP contribution in [-0.4, -0.2) is 23.7 Å². The number of carbonyl (C=O) groups excluding carboxylic acids is 1. The van der Waals surface area contributed by atoms with Crippen molar-refractivity contribution in [1.29, 1.82) is 0 Å². The van der Waals surface area contributed by atoms with Crippen LogP contribution in [0.1, 0.15) is 34.8 Å². The van der Waals surface area contributed by atoms with E-state index in [1.807, 2.05) is 39.0 Å². The van der Waals surface area contributed by atoms with Crippen LogP contribution in [0.4, 0.5) is 0 Å². The van der Waals surface area contributed by atoms with E-state index >= 15 is 0 Å². The van der Waals surface area contributed by atoms with Gasteiger partial charge in [-0.15, -0.1) is 0 Å². The number of carbonyl (C=O) groups is 1. The van der Waals surface area contributed by atoms with Crippen molar-refractivity contribution in [3.05, 3.63) is 34.9 Å². The molecule has 0 spiro atoms. The molecule has 88 valence electrons. The number of amides is 1. The molecule has 3 nitrogen and oxygen atoms in total. The molecule has 1 atom stereocenters. The number of benzene rings is 1. The number of aliphatic hydroxyl groups excluding tert-OH is 1. The molecule has 0 aliphatic heterocycles. The van der Waals surface area contributed by atoms with Crippen LogP contribution < -0.4 is 5.32 Å². The summed E-state index contributed by atoms with van der Waals surface area (Å²) in [5, 5.41) is 11.6. The Kier molecular flexibility index (Phi) is 4.50. The van der Waals surface area contributed by atoms with E-state index in [2.05, 4.69) is 5.32 Å². The summed E-state index contributed by atoms with van der Waals surface area (Å²) in [4.78, 5) is 11.9. The molecule has 0 bridgehead atoms. The molecule has 0 saturated heterocycles. The normalized spacial score (nSPS) is 12.2. The lowest BCUT2D eigenvalue weighted by atomic mass is 10.0. The first-order valence-corrected chi connectivity index (χ1v) is 5.53. The average molecular weight is 221 g/mol. The summed E-state index contributed by atoms with van der Waals surface area (Å²) >= 11 is 0. The Hall–Kier alpha value is -1.35. The van der Waals surface area contributed by atoms with Gasteiger partial charge in [-0.05, 0) is 38.8 Å². The lowest BCUT2D eigenvalue weighted by Gasteiger charge is -2.13. The molecule has 2 N–H and O–H groups in total. The first kappa shape index (κ1) is 12.7. The monoisotopic (exact) mass is 221 g/mol. The highest BCUT2D eigenvalue weighted by molar-refractivity contribution is 5.95. The minimum absolute atomic E-state index is 0.00166. The Labute approximate surface area is 96.5 Å². The molecule has 16 heavy (non-hydrogen) atoms. The molecule has 1 unspecified atom stereocenters. The van der Waals surface area contributed by atoms with Crippen molar-refractivity contribution in [3.63, 3.8) is 0 Å². The fourth-order valence-electron chi connectivity index (χ4n) is 1.64. The number of aliphatic hydroxyl groups is 1. The molecule has 1 aromatic rings. The fraction of sp³-hybridized carbons (Fsp3) is 0.462. The Bertz CT molecular complexity index is 374. The van der Waals surface area contributed by atoms with Crippen molar-refractivity contribution in [2.75, 3.05) is 6.61 Å². The van der Waals surface area contributed by atoms with Crippen molar-refractivity contribution in [3.8, 4) is 0 Å². The summed E-state index contributed by atoms with van der Waals surface area (Å²) in [6.45, 7) is 5.91. The van der Waals surface area contributed by atoms with Crippen LogP contribution in [0.5, 0.6) is 0 Å². The van der Waals surface area contributed by atoms with E-state index in [4.69, 9.17) is 5.11 Å². The number of hydrogen-bond donors (Lipinski definition) is 2. The van der Waals surface area contributed by atoms with E-state index in [-0.39, 0.29) is 18.6 Å². The number of nitrogens with one attached hydrogen (secondary N) is 1. The minimum atomic E-state index is -0.0709. The molecule has 3 heteroatoms. The summed E-state index contributed by atoms with van der Waals surface area (Å²) in [6, 6.07) is 5.76. The van der Waals surface area contributed by atoms with Gasteiger partial charge in [0.25, 0.3) is 5.91 Å². The lowest BCUT2D eigenvalue weighted by Crippen LogP contribution is -2.33. The van der Waals surface area contributed by atoms with Crippen molar-refractivity contribution < 1.29 is 9.90 Å². The maximum atomic E-state index is 11.9. The average Bonchev–Trinajstić information content (AvgIpc) is 2.17. The van der Waals surface area contributed by atoms with Crippen molar-refractivity contribution in [2.24, 2.45) is 0 Å². The van der Waals surface area contributed by atoms with Crippen LogP contribution in [0.3, 0.4) is 0 Å². The third kappa shape index (κ3) is 3.35. The van der Waals surface area contributed by atoms with Gasteiger partial charge in [-0.1, -0.05) is 17.7 Å². The summed E-state index contributed by atoms with van der Waals surface area (Å²) in [7, 11) is 0. The molecule has 0 saturated carbocycles. The number of hydrogen-bond acceptors (Lipinski definition) is 2. The molecule has 0 fully saturated rings. The van der Waals surface area contributed by atoms with Gasteiger partial charge >= 0.3 is 0 Å². The molecular formula is C13H19NO2. The standard InChI is InChI=1S/C13H19NO2/c1-9-4-5-12(10(2)8-9)13(16)14-11(3)6-7-15/h4-5,8,11,15H,6-7H2,1-3H3,(H,14,16). The third-order valence-electron chi connectivity index (χ3n) is 2.57. The van der Waals surface area contributed by atoms with Crippen LogP contribution in [-0.2, 0) is 0 Å². The summed E-state index contributed by atoms with van der Waals surface area (Å²) in [6.07, 6.45) is 0.580. The van der Waals surface area contributed by atoms with Gasteiger partial charge in [0, 0.05) is 18.2 Å². The van der Waals surface area contributed by atoms with E-state index in [0.29, 0.717) is 12.0 Å². The predicted molar refractivity (Wildman–Crippen MR) is 64.5 cm³/mol. The zero-order valence-electron chi connectivity index (χ0n) is 10.1. The van der Waals surface area contributed by atoms with Crippen LogP contribution in [0.15, 0.2) is 18.2 Å². The van der Waals surface area contributed by atoms with Gasteiger partial charge in [-0.3, -0.25) is 4.79 Å². The summed E-state index contributed by atoms with van der Waals surface area (Å²) in [5.41, 5.74) is 2.83. The number of aryl methyl sites for hydroxylation is 2. The highest BCUT2D eigenvalue weighted by Crippen LogP contribution is 2.10. The zero-order chi connectivity index (χ0) is 12.1. The second kappa shape index (κ2) is 5.66. The molecule has 1 rings (SSSR count). The van der Waals surface area contributed by atoms with E-state index in [1.54, 1.807) is 0 Å². The lowest BCUT2D eigenvalue weighted by molar-refractivity contribution is 0.0934. The molecule has 0 heterocycles. The van der Waals surface area contributed by atoms with Gasteiger partial charge < -0.3 is 10.4 Å². The largest absolute Gasteiger partial charge is 0.396 e. The number of rotatable bonds is 4. The fourth-order valence-corrected chi connectivity index (χ4v) is 1.64. The van der Waals surface area contributed by atoms with Gasteiger partial charge in [0.05, 0.1) is 0 Å². The second-order valence-corrected chi connectivity index (χ2v) is 4.21. The SMILES string of the molecule is Cc1ccc(C(=O)NC(C)CCO)c(C)c1. The van der Waals surface area contributed by atoms with E-state index in [0.717, 1.165) is 11.1 Å². The van der Waals surface area contributed by atoms with Gasteiger partial charge in [-0.25, -0.2) is 0 Å². The molecule has 0 aromatic heterocycles. The van der Waals surface area contributed by atoms with E-state index < -0.39 is 0 Å². The first-order valence-electron chi connectivity index (χ1n) is 5.53. The Morgan fingerprint density at radius 2 is 2.12 bits per heavy atom. The zero-order valence-corrected chi connectivity index (χ0v) is 10.1. The highest BCUT2D eigenvalue weighted by atomic mass is 16.3. The molecular weight excluding hydrogens is 202 g/mol. The maximum absolute atomic E-state index is 11.9. The summed E-state index contributed by atoms with van der Waals surface area (Å²) < 4.78 is 0. The van der Waals surface area contributed by atoms with Crippen LogP contribution >= 0.6 is 0 Å². The van der Waals surface area contributed by atoms with Gasteiger partial charge in [0.15, 0.2) is 0 Å². The van der Waals surface area contributed by atoms with Crippen LogP contribution in [0, 0.1) is 13.8 Å². The second-order valence-electron chi connectivity index (χ2n) is 4.21. The van der Waals surface area contributed by atoms with Crippen molar-refractivity contribution >= 4 is 5.91 Å². The third-order valence-corrected chi connectivity index (χ3v) is 2.57. The molecule has 0 radical (unpaired) electrons. The van der Waals surface area contributed by atoms with Gasteiger partial charge in [0.2, 0.25) is 0 Å². The van der Waals surface area contributed by atoms with Crippen LogP contribution in [0.2, 0.25) is 0 Å². The Morgan fingerprint density at radius 1 is 1.44 bits per heavy atom. The quantitative estimate of drug-likeness (QED) is 0.814. The first-order chi connectivity index (χ1) is 7.54. The van der Waals surface area contributed by atoms with Crippen LogP contribution in [0.25, 0.3) is 0 Å². The van der Waals surface area contributed by atoms with Gasteiger partial charge in [0.1, 0.15) is 0 Å². The van der Waals surface area contributed by atoms with E-state index in [1.165, 1.54) is 0 Å². The Balaban J connectivity index is 2.73. The highest BCUT2D eigenvalue weighted by Gasteiger charge is 2.11. The van der Waals surface area contributed by atoms with Crippen molar-refractivity contribution in [1.82, 2.24) is 5.32 Å². The van der Waals surface area contributed by atoms with E-state index in [9.17, 15) is 4.79 Å². The predicted octanol–water partition coefficient (Wildman–Crippen LogP) is 1.80. The minimum Gasteiger partial charge on any atom is -0.396 e. The molecule has 0 aliphatic rings. The maximum Gasteiger partial charge on any atom is 0.251 e. The van der Waals surface area contributed by atoms with Crippen molar-refractivity contribution in [2.45, 2.75) is 33.2 Å².